The van der Waals surface area contributed by atoms with Crippen LogP contribution in [0.5, 0.6) is 0 Å². The number of likely N-dealkylation sites (N-methyl/N-ethyl adjacent to an activating group) is 1. The van der Waals surface area contributed by atoms with Crippen LogP contribution in [0, 0.1) is 0 Å². The van der Waals surface area contributed by atoms with Crippen LogP contribution in [-0.2, 0) is 9.59 Å². The molecule has 0 heterocycles. The zero-order chi connectivity index (χ0) is 17.5. The molecule has 0 saturated heterocycles. The van der Waals surface area contributed by atoms with Crippen molar-refractivity contribution in [2.75, 3.05) is 25.2 Å². The second-order valence-corrected chi connectivity index (χ2v) is 7.33. The number of carbonyl (C=O) groups excluding carboxylic acids is 2. The highest BCUT2D eigenvalue weighted by atomic mass is 32.2. The van der Waals surface area contributed by atoms with E-state index in [1.54, 1.807) is 11.8 Å². The van der Waals surface area contributed by atoms with Crippen LogP contribution in [-0.4, -0.2) is 43.7 Å². The topological polar surface area (TPSA) is 62.6 Å². The Kier molecular flexibility index (Phi) is 7.12. The predicted molar refractivity (Wildman–Crippen MR) is 98.5 cm³/mol. The first-order chi connectivity index (χ1) is 11.5. The molecular weight excluding hydrogens is 322 g/mol. The lowest BCUT2D eigenvalue weighted by molar-refractivity contribution is -0.885. The lowest BCUT2D eigenvalue weighted by atomic mass is 10.2. The van der Waals surface area contributed by atoms with Gasteiger partial charge in [0.1, 0.15) is 0 Å². The summed E-state index contributed by atoms with van der Waals surface area (Å²) in [6.07, 6.45) is 6.52. The summed E-state index contributed by atoms with van der Waals surface area (Å²) in [7, 11) is 1.89. The fraction of sp³-hybridized carbons (Fsp3) is 0.556. The maximum Gasteiger partial charge on any atom is 0.279 e. The molecule has 0 aromatic heterocycles. The van der Waals surface area contributed by atoms with Crippen LogP contribution in [0.4, 0.5) is 5.69 Å². The Balaban J connectivity index is 1.84. The lowest BCUT2D eigenvalue weighted by Crippen LogP contribution is -3.15. The van der Waals surface area contributed by atoms with Crippen LogP contribution in [0.25, 0.3) is 0 Å². The number of hydrogen-bond donors (Lipinski definition) is 3. The molecule has 3 N–H and O–H groups in total. The highest BCUT2D eigenvalue weighted by Gasteiger charge is 2.27. The highest BCUT2D eigenvalue weighted by Crippen LogP contribution is 2.24. The van der Waals surface area contributed by atoms with Crippen molar-refractivity contribution in [1.29, 1.82) is 0 Å². The monoisotopic (exact) mass is 350 g/mol. The Bertz CT molecular complexity index is 573. The fourth-order valence-electron chi connectivity index (χ4n) is 2.97. The zero-order valence-electron chi connectivity index (χ0n) is 14.7. The first kappa shape index (κ1) is 18.8. The Labute approximate surface area is 148 Å². The summed E-state index contributed by atoms with van der Waals surface area (Å²) < 4.78 is 0. The summed E-state index contributed by atoms with van der Waals surface area (Å²) in [5, 5.41) is 6.05. The Hall–Kier alpha value is -1.53. The van der Waals surface area contributed by atoms with Crippen molar-refractivity contribution in [3.63, 3.8) is 0 Å². The molecule has 1 fully saturated rings. The number of hydrogen-bond acceptors (Lipinski definition) is 3. The molecule has 1 unspecified atom stereocenters. The Morgan fingerprint density at radius 2 is 1.96 bits per heavy atom. The fourth-order valence-corrected chi connectivity index (χ4v) is 3.52. The predicted octanol–water partition coefficient (Wildman–Crippen LogP) is 1.31. The van der Waals surface area contributed by atoms with Gasteiger partial charge in [-0.2, -0.15) is 0 Å². The van der Waals surface area contributed by atoms with Crippen molar-refractivity contribution in [1.82, 2.24) is 5.32 Å². The largest absolute Gasteiger partial charge is 0.348 e. The highest BCUT2D eigenvalue weighted by molar-refractivity contribution is 7.98. The summed E-state index contributed by atoms with van der Waals surface area (Å²) in [5.74, 6) is -0.0359. The summed E-state index contributed by atoms with van der Waals surface area (Å²) in [5.41, 5.74) is 0.825. The second kappa shape index (κ2) is 9.08. The maximum atomic E-state index is 12.3. The first-order valence-corrected chi connectivity index (χ1v) is 9.79. The molecule has 2 amide bonds. The van der Waals surface area contributed by atoms with Gasteiger partial charge in [0, 0.05) is 10.9 Å². The molecule has 6 heteroatoms. The van der Waals surface area contributed by atoms with Crippen molar-refractivity contribution >= 4 is 29.3 Å². The number of carbonyl (C=O) groups is 2. The SMILES string of the molecule is CSc1ccccc1NC(=O)C[NH+](C)[C@@H](C)C(=O)NC1CCCC1. The molecule has 2 atom stereocenters. The van der Waals surface area contributed by atoms with Crippen LogP contribution in [0.1, 0.15) is 32.6 Å². The van der Waals surface area contributed by atoms with Crippen LogP contribution in [0.2, 0.25) is 0 Å². The van der Waals surface area contributed by atoms with Crippen molar-refractivity contribution in [2.45, 2.75) is 49.6 Å². The summed E-state index contributed by atoms with van der Waals surface area (Å²) in [6, 6.07) is 7.81. The molecule has 0 aliphatic heterocycles. The van der Waals surface area contributed by atoms with Gasteiger partial charge >= 0.3 is 0 Å². The normalized spacial score (nSPS) is 17.3. The molecule has 1 aromatic rings. The van der Waals surface area contributed by atoms with E-state index in [9.17, 15) is 9.59 Å². The number of nitrogens with one attached hydrogen (secondary N) is 3. The number of anilines is 1. The second-order valence-electron chi connectivity index (χ2n) is 6.48. The van der Waals surface area contributed by atoms with Crippen molar-refractivity contribution in [2.24, 2.45) is 0 Å². The number of rotatable bonds is 7. The maximum absolute atomic E-state index is 12.3. The number of thioether (sulfide) groups is 1. The number of amides is 2. The van der Waals surface area contributed by atoms with Gasteiger partial charge in [0.15, 0.2) is 12.6 Å². The van der Waals surface area contributed by atoms with E-state index in [1.807, 2.05) is 44.5 Å². The molecule has 1 aliphatic carbocycles. The molecule has 5 nitrogen and oxygen atoms in total. The lowest BCUT2D eigenvalue weighted by Gasteiger charge is -2.22. The van der Waals surface area contributed by atoms with E-state index in [4.69, 9.17) is 0 Å². The third-order valence-corrected chi connectivity index (χ3v) is 5.45. The van der Waals surface area contributed by atoms with Crippen molar-refractivity contribution < 1.29 is 14.5 Å². The van der Waals surface area contributed by atoms with Gasteiger partial charge in [0.2, 0.25) is 0 Å². The molecule has 0 radical (unpaired) electrons. The van der Waals surface area contributed by atoms with Gasteiger partial charge in [-0.1, -0.05) is 25.0 Å². The van der Waals surface area contributed by atoms with Crippen LogP contribution in [0.3, 0.4) is 0 Å². The van der Waals surface area contributed by atoms with Gasteiger partial charge in [-0.05, 0) is 38.2 Å². The Morgan fingerprint density at radius 1 is 1.29 bits per heavy atom. The minimum atomic E-state index is -0.243. The quantitative estimate of drug-likeness (QED) is 0.650. The number of quaternary nitrogens is 1. The van der Waals surface area contributed by atoms with E-state index in [2.05, 4.69) is 10.6 Å². The van der Waals surface area contributed by atoms with Gasteiger partial charge in [0.05, 0.1) is 12.7 Å². The first-order valence-electron chi connectivity index (χ1n) is 8.56. The number of para-hydroxylation sites is 1. The molecule has 132 valence electrons. The van der Waals surface area contributed by atoms with E-state index < -0.39 is 0 Å². The van der Waals surface area contributed by atoms with Gasteiger partial charge < -0.3 is 15.5 Å². The average molecular weight is 351 g/mol. The Morgan fingerprint density at radius 3 is 2.62 bits per heavy atom. The van der Waals surface area contributed by atoms with E-state index in [0.29, 0.717) is 6.04 Å². The minimum absolute atomic E-state index is 0.0386. The minimum Gasteiger partial charge on any atom is -0.348 e. The smallest absolute Gasteiger partial charge is 0.279 e. The van der Waals surface area contributed by atoms with E-state index in [1.165, 1.54) is 12.8 Å². The summed E-state index contributed by atoms with van der Waals surface area (Å²) >= 11 is 1.60. The van der Waals surface area contributed by atoms with Crippen molar-refractivity contribution in [3.8, 4) is 0 Å². The van der Waals surface area contributed by atoms with E-state index >= 15 is 0 Å². The zero-order valence-corrected chi connectivity index (χ0v) is 15.5. The molecule has 1 aliphatic rings. The molecule has 1 aromatic carbocycles. The summed E-state index contributed by atoms with van der Waals surface area (Å²) in [6.45, 7) is 2.14. The third-order valence-electron chi connectivity index (χ3n) is 4.65. The molecular formula is C18H28N3O2S+. The van der Waals surface area contributed by atoms with Crippen LogP contribution < -0.4 is 15.5 Å². The van der Waals surface area contributed by atoms with Gasteiger partial charge in [-0.15, -0.1) is 11.8 Å². The third kappa shape index (κ3) is 5.24. The molecule has 2 rings (SSSR count). The van der Waals surface area contributed by atoms with E-state index in [-0.39, 0.29) is 24.4 Å². The molecule has 0 spiro atoms. The van der Waals surface area contributed by atoms with E-state index in [0.717, 1.165) is 28.3 Å². The van der Waals surface area contributed by atoms with Gasteiger partial charge in [-0.25, -0.2) is 0 Å². The van der Waals surface area contributed by atoms with Crippen LogP contribution in [0.15, 0.2) is 29.2 Å². The average Bonchev–Trinajstić information content (AvgIpc) is 3.07. The molecule has 24 heavy (non-hydrogen) atoms. The molecule has 0 bridgehead atoms. The van der Waals surface area contributed by atoms with Crippen molar-refractivity contribution in [3.05, 3.63) is 24.3 Å². The standard InChI is InChI=1S/C18H27N3O2S/c1-13(18(23)19-14-8-4-5-9-14)21(2)12-17(22)20-15-10-6-7-11-16(15)24-3/h6-7,10-11,13-14H,4-5,8-9,12H2,1-3H3,(H,19,23)(H,20,22)/p+1/t13-/m0/s1. The van der Waals surface area contributed by atoms with Gasteiger partial charge in [-0.3, -0.25) is 9.59 Å². The van der Waals surface area contributed by atoms with Gasteiger partial charge in [0.25, 0.3) is 11.8 Å². The van der Waals surface area contributed by atoms with Crippen LogP contribution >= 0.6 is 11.8 Å². The summed E-state index contributed by atoms with van der Waals surface area (Å²) in [4.78, 5) is 26.5. The number of benzene rings is 1. The molecule has 1 saturated carbocycles.